The quantitative estimate of drug-likeness (QED) is 0.611. The molecule has 2 fully saturated rings. The van der Waals surface area contributed by atoms with E-state index in [9.17, 15) is 26.8 Å². The molecule has 2 saturated heterocycles. The standard InChI is InChI=1S/C20H28F2N5O4S/c1-14-16(27-7-3-6-19(27)28)4-2-5-17(14)32(30,31)24-15(12-23)20(29)26-10-8-25(9-11-26)13-18(21)22/h2,4-5,15,18,23-24H,3,6-13H2,1H3/q-1/t15-/m0/s1. The van der Waals surface area contributed by atoms with Gasteiger partial charge in [-0.15, -0.1) is 6.54 Å². The van der Waals surface area contributed by atoms with Crippen molar-refractivity contribution >= 4 is 27.5 Å². The van der Waals surface area contributed by atoms with E-state index in [2.05, 4.69) is 4.72 Å². The van der Waals surface area contributed by atoms with E-state index < -0.39 is 34.9 Å². The number of carbonyl (C=O) groups is 2. The molecular weight excluding hydrogens is 444 g/mol. The lowest BCUT2D eigenvalue weighted by Gasteiger charge is -2.36. The lowest BCUT2D eigenvalue weighted by Crippen LogP contribution is -2.56. The van der Waals surface area contributed by atoms with Crippen molar-refractivity contribution in [2.24, 2.45) is 0 Å². The Morgan fingerprint density at radius 1 is 1.19 bits per heavy atom. The normalized spacial score (nSPS) is 19.1. The Morgan fingerprint density at radius 2 is 1.88 bits per heavy atom. The summed E-state index contributed by atoms with van der Waals surface area (Å²) in [6, 6.07) is 3.33. The van der Waals surface area contributed by atoms with Gasteiger partial charge in [0.15, 0.2) is 0 Å². The molecular formula is C20H28F2N5O4S-. The Kier molecular flexibility index (Phi) is 7.80. The number of benzene rings is 1. The van der Waals surface area contributed by atoms with Gasteiger partial charge in [0.05, 0.1) is 17.5 Å². The number of carbonyl (C=O) groups excluding carboxylic acids is 2. The zero-order chi connectivity index (χ0) is 23.5. The summed E-state index contributed by atoms with van der Waals surface area (Å²) < 4.78 is 53.6. The van der Waals surface area contributed by atoms with Gasteiger partial charge in [0.1, 0.15) is 0 Å². The molecule has 3 rings (SSSR count). The molecule has 1 atom stereocenters. The van der Waals surface area contributed by atoms with Crippen LogP contribution in [0.5, 0.6) is 0 Å². The molecule has 178 valence electrons. The third-order valence-electron chi connectivity index (χ3n) is 5.79. The minimum atomic E-state index is -4.15. The summed E-state index contributed by atoms with van der Waals surface area (Å²) in [5.41, 5.74) is 8.61. The average molecular weight is 473 g/mol. The fraction of sp³-hybridized carbons (Fsp3) is 0.600. The average Bonchev–Trinajstić information content (AvgIpc) is 3.17. The maximum Gasteiger partial charge on any atom is 0.251 e. The number of amides is 2. The molecule has 12 heteroatoms. The Morgan fingerprint density at radius 3 is 2.44 bits per heavy atom. The summed E-state index contributed by atoms with van der Waals surface area (Å²) in [7, 11) is -4.15. The maximum atomic E-state index is 13.1. The molecule has 2 N–H and O–H groups in total. The molecule has 0 spiro atoms. The lowest BCUT2D eigenvalue weighted by molar-refractivity contribution is -0.134. The Balaban J connectivity index is 1.72. The van der Waals surface area contributed by atoms with Gasteiger partial charge in [0.25, 0.3) is 6.43 Å². The molecule has 0 aromatic heterocycles. The number of sulfonamides is 1. The summed E-state index contributed by atoms with van der Waals surface area (Å²) in [6.45, 7) is 2.16. The molecule has 0 unspecified atom stereocenters. The summed E-state index contributed by atoms with van der Waals surface area (Å²) >= 11 is 0. The van der Waals surface area contributed by atoms with Crippen LogP contribution in [0.2, 0.25) is 0 Å². The molecule has 1 aromatic rings. The van der Waals surface area contributed by atoms with Gasteiger partial charge < -0.3 is 15.5 Å². The van der Waals surface area contributed by atoms with Gasteiger partial charge in [-0.3, -0.25) is 14.5 Å². The van der Waals surface area contributed by atoms with Crippen molar-refractivity contribution in [1.82, 2.24) is 14.5 Å². The first kappa shape index (κ1) is 24.5. The second-order valence-electron chi connectivity index (χ2n) is 7.94. The molecule has 2 heterocycles. The van der Waals surface area contributed by atoms with Crippen LogP contribution in [0.4, 0.5) is 14.5 Å². The zero-order valence-corrected chi connectivity index (χ0v) is 18.7. The second-order valence-corrected chi connectivity index (χ2v) is 9.63. The van der Waals surface area contributed by atoms with Crippen molar-refractivity contribution in [2.45, 2.75) is 37.1 Å². The number of piperazine rings is 1. The molecule has 0 aliphatic carbocycles. The monoisotopic (exact) mass is 472 g/mol. The first-order chi connectivity index (χ1) is 15.1. The van der Waals surface area contributed by atoms with E-state index in [1.54, 1.807) is 28.9 Å². The van der Waals surface area contributed by atoms with Gasteiger partial charge >= 0.3 is 0 Å². The molecule has 2 aliphatic heterocycles. The molecule has 0 radical (unpaired) electrons. The van der Waals surface area contributed by atoms with Gasteiger partial charge in [-0.25, -0.2) is 21.9 Å². The molecule has 0 bridgehead atoms. The molecule has 0 saturated carbocycles. The predicted molar refractivity (Wildman–Crippen MR) is 115 cm³/mol. The van der Waals surface area contributed by atoms with E-state index in [0.29, 0.717) is 30.6 Å². The van der Waals surface area contributed by atoms with Crippen LogP contribution in [0.25, 0.3) is 5.73 Å². The fourth-order valence-corrected chi connectivity index (χ4v) is 5.54. The van der Waals surface area contributed by atoms with Crippen molar-refractivity contribution in [2.75, 3.05) is 50.7 Å². The molecule has 2 amide bonds. The molecule has 9 nitrogen and oxygen atoms in total. The van der Waals surface area contributed by atoms with Crippen LogP contribution in [0.15, 0.2) is 23.1 Å². The van der Waals surface area contributed by atoms with Crippen LogP contribution in [-0.4, -0.2) is 88.3 Å². The van der Waals surface area contributed by atoms with E-state index in [1.807, 2.05) is 0 Å². The number of anilines is 1. The van der Waals surface area contributed by atoms with Crippen molar-refractivity contribution in [1.29, 1.82) is 0 Å². The van der Waals surface area contributed by atoms with Crippen LogP contribution >= 0.6 is 0 Å². The number of nitrogens with zero attached hydrogens (tertiary/aromatic N) is 3. The highest BCUT2D eigenvalue weighted by atomic mass is 32.2. The number of hydrogen-bond acceptors (Lipinski definition) is 5. The van der Waals surface area contributed by atoms with Gasteiger partial charge in [0, 0.05) is 44.8 Å². The van der Waals surface area contributed by atoms with Crippen LogP contribution in [0.3, 0.4) is 0 Å². The zero-order valence-electron chi connectivity index (χ0n) is 17.9. The number of halogens is 2. The third kappa shape index (κ3) is 5.42. The molecule has 32 heavy (non-hydrogen) atoms. The van der Waals surface area contributed by atoms with E-state index in [0.717, 1.165) is 0 Å². The van der Waals surface area contributed by atoms with E-state index >= 15 is 0 Å². The fourth-order valence-electron chi connectivity index (χ4n) is 4.09. The van der Waals surface area contributed by atoms with Gasteiger partial charge in [-0.2, -0.15) is 0 Å². The highest BCUT2D eigenvalue weighted by molar-refractivity contribution is 7.89. The van der Waals surface area contributed by atoms with Gasteiger partial charge in [-0.05, 0) is 31.0 Å². The molecule has 2 aliphatic rings. The minimum Gasteiger partial charge on any atom is -0.676 e. The first-order valence-corrected chi connectivity index (χ1v) is 12.0. The summed E-state index contributed by atoms with van der Waals surface area (Å²) in [4.78, 5) is 29.4. The third-order valence-corrected chi connectivity index (χ3v) is 7.41. The topological polar surface area (TPSA) is 114 Å². The van der Waals surface area contributed by atoms with Crippen LogP contribution in [0.1, 0.15) is 18.4 Å². The van der Waals surface area contributed by atoms with Crippen molar-refractivity contribution in [3.63, 3.8) is 0 Å². The van der Waals surface area contributed by atoms with Gasteiger partial charge in [-0.1, -0.05) is 6.07 Å². The van der Waals surface area contributed by atoms with E-state index in [1.165, 1.54) is 11.0 Å². The lowest BCUT2D eigenvalue weighted by atomic mass is 10.2. The summed E-state index contributed by atoms with van der Waals surface area (Å²) in [6.07, 6.45) is -1.35. The summed E-state index contributed by atoms with van der Waals surface area (Å²) in [5, 5.41) is 0. The maximum absolute atomic E-state index is 13.1. The number of hydrogen-bond donors (Lipinski definition) is 1. The highest BCUT2D eigenvalue weighted by Crippen LogP contribution is 2.29. The predicted octanol–water partition coefficient (Wildman–Crippen LogP) is 1.23. The van der Waals surface area contributed by atoms with Crippen LogP contribution in [0, 0.1) is 6.92 Å². The number of alkyl halides is 2. The van der Waals surface area contributed by atoms with E-state index in [-0.39, 0.29) is 43.5 Å². The largest absolute Gasteiger partial charge is 0.676 e. The van der Waals surface area contributed by atoms with Crippen LogP contribution < -0.4 is 9.62 Å². The Labute approximate surface area is 186 Å². The van der Waals surface area contributed by atoms with E-state index in [4.69, 9.17) is 5.73 Å². The number of nitrogens with one attached hydrogen (secondary N) is 2. The smallest absolute Gasteiger partial charge is 0.251 e. The van der Waals surface area contributed by atoms with Crippen LogP contribution in [-0.2, 0) is 19.6 Å². The Hall–Kier alpha value is -2.15. The second kappa shape index (κ2) is 10.2. The van der Waals surface area contributed by atoms with Crippen molar-refractivity contribution in [3.8, 4) is 0 Å². The highest BCUT2D eigenvalue weighted by Gasteiger charge is 2.31. The molecule has 1 aromatic carbocycles. The number of rotatable bonds is 8. The minimum absolute atomic E-state index is 0.0531. The summed E-state index contributed by atoms with van der Waals surface area (Å²) in [5.74, 6) is -0.621. The first-order valence-electron chi connectivity index (χ1n) is 10.5. The Bertz CT molecular complexity index is 951. The SMILES string of the molecule is Cc1c(N2CCCC2=O)cccc1S(=O)(=O)N[C@@H](C[NH-])C(=O)N1CCN(CC(F)F)CC1. The van der Waals surface area contributed by atoms with Crippen molar-refractivity contribution in [3.05, 3.63) is 29.5 Å². The van der Waals surface area contributed by atoms with Gasteiger partial charge in [0.2, 0.25) is 21.8 Å². The van der Waals surface area contributed by atoms with Crippen molar-refractivity contribution < 1.29 is 26.8 Å².